The lowest BCUT2D eigenvalue weighted by molar-refractivity contribution is 0.0953. The summed E-state index contributed by atoms with van der Waals surface area (Å²) in [6.45, 7) is 0.517. The quantitative estimate of drug-likeness (QED) is 0.508. The summed E-state index contributed by atoms with van der Waals surface area (Å²) < 4.78 is 5.28. The summed E-state index contributed by atoms with van der Waals surface area (Å²) in [4.78, 5) is 15.8. The number of benzene rings is 2. The van der Waals surface area contributed by atoms with E-state index in [4.69, 9.17) is 4.74 Å². The van der Waals surface area contributed by atoms with Gasteiger partial charge in [-0.3, -0.25) is 4.79 Å². The molecule has 0 saturated heterocycles. The minimum Gasteiger partial charge on any atom is -0.497 e. The molecule has 2 aromatic carbocycles. The highest BCUT2D eigenvalue weighted by Gasteiger charge is 2.19. The van der Waals surface area contributed by atoms with Crippen molar-refractivity contribution < 1.29 is 9.53 Å². The highest BCUT2D eigenvalue weighted by molar-refractivity contribution is 7.08. The normalized spacial score (nSPS) is 12.0. The molecule has 0 radical (unpaired) electrons. The van der Waals surface area contributed by atoms with E-state index in [1.165, 1.54) is 22.3 Å². The van der Waals surface area contributed by atoms with Crippen LogP contribution in [-0.2, 0) is 0 Å². The highest BCUT2D eigenvalue weighted by Crippen LogP contribution is 2.31. The Balaban J connectivity index is 1.67. The van der Waals surface area contributed by atoms with Gasteiger partial charge in [0.15, 0.2) is 0 Å². The molecule has 0 aliphatic rings. The summed E-state index contributed by atoms with van der Waals surface area (Å²) in [5.74, 6) is 0.808. The molecule has 0 bridgehead atoms. The van der Waals surface area contributed by atoms with Crippen LogP contribution in [-0.4, -0.2) is 24.5 Å². The third-order valence-corrected chi connectivity index (χ3v) is 5.45. The lowest BCUT2D eigenvalue weighted by Crippen LogP contribution is -2.28. The van der Waals surface area contributed by atoms with Gasteiger partial charge in [0.25, 0.3) is 5.91 Å². The standard InChI is InChI=1S/C22H20N2O2S/c1-26-17-8-6-15(7-9-17)19(12-24-22(25)16-10-11-27-14-16)20-13-23-21-5-3-2-4-18(20)21/h2-11,13-14,19,23H,12H2,1H3,(H,24,25). The maximum atomic E-state index is 12.4. The number of carbonyl (C=O) groups excluding carboxylic acids is 1. The highest BCUT2D eigenvalue weighted by atomic mass is 32.1. The zero-order valence-electron chi connectivity index (χ0n) is 14.9. The molecule has 4 rings (SSSR count). The summed E-state index contributed by atoms with van der Waals surface area (Å²) in [6, 6.07) is 18.1. The molecular formula is C22H20N2O2S. The monoisotopic (exact) mass is 376 g/mol. The minimum atomic E-state index is -0.0467. The topological polar surface area (TPSA) is 54.1 Å². The Morgan fingerprint density at radius 3 is 2.70 bits per heavy atom. The summed E-state index contributed by atoms with van der Waals surface area (Å²) in [6.07, 6.45) is 2.04. The van der Waals surface area contributed by atoms with Crippen molar-refractivity contribution in [3.63, 3.8) is 0 Å². The fourth-order valence-electron chi connectivity index (χ4n) is 3.32. The third-order valence-electron chi connectivity index (χ3n) is 4.76. The molecule has 27 heavy (non-hydrogen) atoms. The first-order chi connectivity index (χ1) is 13.3. The van der Waals surface area contributed by atoms with Gasteiger partial charge in [-0.1, -0.05) is 30.3 Å². The van der Waals surface area contributed by atoms with Gasteiger partial charge < -0.3 is 15.0 Å². The molecule has 1 unspecified atom stereocenters. The smallest absolute Gasteiger partial charge is 0.252 e. The molecule has 2 N–H and O–H groups in total. The van der Waals surface area contributed by atoms with Crippen molar-refractivity contribution in [1.29, 1.82) is 0 Å². The van der Waals surface area contributed by atoms with E-state index in [1.54, 1.807) is 7.11 Å². The van der Waals surface area contributed by atoms with E-state index in [1.807, 2.05) is 47.3 Å². The number of nitrogens with one attached hydrogen (secondary N) is 2. The van der Waals surface area contributed by atoms with Gasteiger partial charge >= 0.3 is 0 Å². The van der Waals surface area contributed by atoms with Gasteiger partial charge in [-0.15, -0.1) is 0 Å². The SMILES string of the molecule is COc1ccc(C(CNC(=O)c2ccsc2)c2c[nH]c3ccccc23)cc1. The summed E-state index contributed by atoms with van der Waals surface area (Å²) >= 11 is 1.52. The Hall–Kier alpha value is -3.05. The van der Waals surface area contributed by atoms with E-state index in [-0.39, 0.29) is 11.8 Å². The number of methoxy groups -OCH3 is 1. The number of amides is 1. The maximum absolute atomic E-state index is 12.4. The number of hydrogen-bond donors (Lipinski definition) is 2. The number of hydrogen-bond acceptors (Lipinski definition) is 3. The van der Waals surface area contributed by atoms with Crippen LogP contribution in [0, 0.1) is 0 Å². The van der Waals surface area contributed by atoms with Crippen molar-refractivity contribution in [1.82, 2.24) is 10.3 Å². The molecule has 2 aromatic heterocycles. The lowest BCUT2D eigenvalue weighted by atomic mass is 9.90. The van der Waals surface area contributed by atoms with Crippen molar-refractivity contribution in [3.05, 3.63) is 88.2 Å². The molecule has 1 amide bonds. The number of fused-ring (bicyclic) bond motifs is 1. The van der Waals surface area contributed by atoms with Crippen LogP contribution >= 0.6 is 11.3 Å². The van der Waals surface area contributed by atoms with E-state index in [9.17, 15) is 4.79 Å². The zero-order valence-corrected chi connectivity index (χ0v) is 15.8. The van der Waals surface area contributed by atoms with Crippen LogP contribution in [0.4, 0.5) is 0 Å². The molecule has 136 valence electrons. The number of ether oxygens (including phenoxy) is 1. The molecule has 0 spiro atoms. The summed E-state index contributed by atoms with van der Waals surface area (Å²) in [5, 5.41) is 8.03. The Morgan fingerprint density at radius 1 is 1.15 bits per heavy atom. The van der Waals surface area contributed by atoms with E-state index in [0.717, 1.165) is 16.8 Å². The van der Waals surface area contributed by atoms with Gasteiger partial charge in [-0.2, -0.15) is 11.3 Å². The largest absolute Gasteiger partial charge is 0.497 e. The Bertz CT molecular complexity index is 1040. The first kappa shape index (κ1) is 17.4. The van der Waals surface area contributed by atoms with Crippen molar-refractivity contribution in [2.45, 2.75) is 5.92 Å². The molecule has 0 saturated carbocycles. The zero-order chi connectivity index (χ0) is 18.6. The first-order valence-corrected chi connectivity index (χ1v) is 9.71. The number of aromatic amines is 1. The van der Waals surface area contributed by atoms with Gasteiger partial charge in [-0.05, 0) is 40.8 Å². The van der Waals surface area contributed by atoms with Crippen LogP contribution in [0.25, 0.3) is 10.9 Å². The lowest BCUT2D eigenvalue weighted by Gasteiger charge is -2.18. The molecular weight excluding hydrogens is 356 g/mol. The van der Waals surface area contributed by atoms with Gasteiger partial charge in [0.2, 0.25) is 0 Å². The summed E-state index contributed by atoms with van der Waals surface area (Å²) in [5.41, 5.74) is 4.09. The number of para-hydroxylation sites is 1. The number of rotatable bonds is 6. The molecule has 5 heteroatoms. The fraction of sp³-hybridized carbons (Fsp3) is 0.136. The molecule has 4 nitrogen and oxygen atoms in total. The van der Waals surface area contributed by atoms with Crippen LogP contribution < -0.4 is 10.1 Å². The second-order valence-corrected chi connectivity index (χ2v) is 7.12. The van der Waals surface area contributed by atoms with E-state index >= 15 is 0 Å². The van der Waals surface area contributed by atoms with Gasteiger partial charge in [0, 0.05) is 40.5 Å². The van der Waals surface area contributed by atoms with Crippen LogP contribution in [0.2, 0.25) is 0 Å². The summed E-state index contributed by atoms with van der Waals surface area (Å²) in [7, 11) is 1.66. The molecule has 2 heterocycles. The number of aromatic nitrogens is 1. The van der Waals surface area contributed by atoms with Crippen LogP contribution in [0.15, 0.2) is 71.6 Å². The predicted octanol–water partition coefficient (Wildman–Crippen LogP) is 4.80. The Kier molecular flexibility index (Phi) is 4.94. The van der Waals surface area contributed by atoms with Crippen molar-refractivity contribution in [3.8, 4) is 5.75 Å². The minimum absolute atomic E-state index is 0.0367. The van der Waals surface area contributed by atoms with Gasteiger partial charge in [0.1, 0.15) is 5.75 Å². The number of thiophene rings is 1. The average molecular weight is 376 g/mol. The third kappa shape index (κ3) is 3.59. The maximum Gasteiger partial charge on any atom is 0.252 e. The average Bonchev–Trinajstić information content (AvgIpc) is 3.39. The van der Waals surface area contributed by atoms with Crippen LogP contribution in [0.3, 0.4) is 0 Å². The first-order valence-electron chi connectivity index (χ1n) is 8.76. The van der Waals surface area contributed by atoms with Crippen LogP contribution in [0.1, 0.15) is 27.4 Å². The number of carbonyl (C=O) groups is 1. The Labute approximate surface area is 161 Å². The van der Waals surface area contributed by atoms with Gasteiger partial charge in [-0.25, -0.2) is 0 Å². The van der Waals surface area contributed by atoms with Crippen molar-refractivity contribution in [2.75, 3.05) is 13.7 Å². The Morgan fingerprint density at radius 2 is 1.96 bits per heavy atom. The molecule has 1 atom stereocenters. The van der Waals surface area contributed by atoms with E-state index < -0.39 is 0 Å². The van der Waals surface area contributed by atoms with E-state index in [2.05, 4.69) is 34.6 Å². The van der Waals surface area contributed by atoms with Crippen molar-refractivity contribution >= 4 is 28.1 Å². The second-order valence-electron chi connectivity index (χ2n) is 6.34. The molecule has 0 aliphatic carbocycles. The molecule has 4 aromatic rings. The molecule has 0 fully saturated rings. The van der Waals surface area contributed by atoms with Crippen molar-refractivity contribution in [2.24, 2.45) is 0 Å². The fourth-order valence-corrected chi connectivity index (χ4v) is 3.95. The van der Waals surface area contributed by atoms with E-state index in [0.29, 0.717) is 12.1 Å². The molecule has 0 aliphatic heterocycles. The van der Waals surface area contributed by atoms with Crippen LogP contribution in [0.5, 0.6) is 5.75 Å². The second kappa shape index (κ2) is 7.68. The van der Waals surface area contributed by atoms with Gasteiger partial charge in [0.05, 0.1) is 7.11 Å². The predicted molar refractivity (Wildman–Crippen MR) is 110 cm³/mol. The number of H-pyrrole nitrogens is 1.